The van der Waals surface area contributed by atoms with E-state index in [-0.39, 0.29) is 5.69 Å². The first-order valence-electron chi connectivity index (χ1n) is 5.73. The fraction of sp³-hybridized carbons (Fsp3) is 0.600. The average molecular weight is 307 g/mol. The first kappa shape index (κ1) is 15.9. The third kappa shape index (κ3) is 6.50. The number of aromatic nitrogens is 1. The number of nitrogens with zero attached hydrogens (tertiary/aromatic N) is 1. The number of esters is 1. The molecule has 0 aromatic carbocycles. The summed E-state index contributed by atoms with van der Waals surface area (Å²) in [5, 5.41) is 5.25. The van der Waals surface area contributed by atoms with Crippen LogP contribution in [0.1, 0.15) is 23.8 Å². The Hall–Kier alpha value is -1.19. The molecule has 0 fully saturated rings. The highest BCUT2D eigenvalue weighted by atomic mass is 32.2. The van der Waals surface area contributed by atoms with Crippen LogP contribution in [0.2, 0.25) is 0 Å². The summed E-state index contributed by atoms with van der Waals surface area (Å²) in [6, 6.07) is 0. The molecule has 2 N–H and O–H groups in total. The zero-order valence-electron chi connectivity index (χ0n) is 10.8. The van der Waals surface area contributed by atoms with E-state index >= 15 is 0 Å². The fourth-order valence-corrected chi connectivity index (χ4v) is 2.42. The van der Waals surface area contributed by atoms with E-state index in [0.29, 0.717) is 31.2 Å². The standard InChI is InChI=1S/C10H17N3O4S2/c1-3-17-9(14)8-7-18-10(13-8)11-5-4-6-12-19(2,15)16/h7,12H,3-6H2,1-2H3,(H,11,13). The third-order valence-electron chi connectivity index (χ3n) is 1.98. The molecule has 0 saturated carbocycles. The van der Waals surface area contributed by atoms with E-state index in [1.807, 2.05) is 0 Å². The number of carbonyl (C=O) groups excluding carboxylic acids is 1. The second kappa shape index (κ2) is 7.41. The largest absolute Gasteiger partial charge is 0.461 e. The maximum atomic E-state index is 11.4. The van der Waals surface area contributed by atoms with Crippen LogP contribution in [0.15, 0.2) is 5.38 Å². The van der Waals surface area contributed by atoms with Gasteiger partial charge >= 0.3 is 5.97 Å². The number of hydrogen-bond donors (Lipinski definition) is 2. The van der Waals surface area contributed by atoms with Crippen molar-refractivity contribution in [3.63, 3.8) is 0 Å². The van der Waals surface area contributed by atoms with Crippen LogP contribution in [0, 0.1) is 0 Å². The molecular formula is C10H17N3O4S2. The van der Waals surface area contributed by atoms with Crippen molar-refractivity contribution in [2.24, 2.45) is 0 Å². The summed E-state index contributed by atoms with van der Waals surface area (Å²) in [6.45, 7) is 2.98. The van der Waals surface area contributed by atoms with Crippen LogP contribution in [0.5, 0.6) is 0 Å². The number of carbonyl (C=O) groups is 1. The number of ether oxygens (including phenoxy) is 1. The highest BCUT2D eigenvalue weighted by molar-refractivity contribution is 7.88. The molecule has 1 rings (SSSR count). The van der Waals surface area contributed by atoms with Gasteiger partial charge in [0.15, 0.2) is 10.8 Å². The molecule has 1 aromatic heterocycles. The SMILES string of the molecule is CCOC(=O)c1csc(NCCCNS(C)(=O)=O)n1. The summed E-state index contributed by atoms with van der Waals surface area (Å²) in [5.41, 5.74) is 0.281. The van der Waals surface area contributed by atoms with Gasteiger partial charge in [0.2, 0.25) is 10.0 Å². The lowest BCUT2D eigenvalue weighted by Crippen LogP contribution is -2.24. The molecule has 0 amide bonds. The van der Waals surface area contributed by atoms with E-state index in [1.54, 1.807) is 12.3 Å². The maximum absolute atomic E-state index is 11.4. The van der Waals surface area contributed by atoms with E-state index in [9.17, 15) is 13.2 Å². The average Bonchev–Trinajstić information content (AvgIpc) is 2.76. The number of sulfonamides is 1. The molecule has 0 aliphatic heterocycles. The Morgan fingerprint density at radius 1 is 1.47 bits per heavy atom. The van der Waals surface area contributed by atoms with Crippen molar-refractivity contribution >= 4 is 32.5 Å². The van der Waals surface area contributed by atoms with Gasteiger partial charge in [0, 0.05) is 18.5 Å². The summed E-state index contributed by atoms with van der Waals surface area (Å²) < 4.78 is 28.8. The summed E-state index contributed by atoms with van der Waals surface area (Å²) in [5.74, 6) is -0.439. The molecule has 1 heterocycles. The Morgan fingerprint density at radius 2 is 2.21 bits per heavy atom. The molecular weight excluding hydrogens is 290 g/mol. The van der Waals surface area contributed by atoms with Gasteiger partial charge in [0.05, 0.1) is 12.9 Å². The minimum atomic E-state index is -3.13. The van der Waals surface area contributed by atoms with Gasteiger partial charge in [-0.3, -0.25) is 0 Å². The van der Waals surface area contributed by atoms with Crippen molar-refractivity contribution in [1.29, 1.82) is 0 Å². The molecule has 0 atom stereocenters. The predicted octanol–water partition coefficient (Wildman–Crippen LogP) is 0.671. The molecule has 0 aliphatic carbocycles. The van der Waals surface area contributed by atoms with Gasteiger partial charge in [-0.25, -0.2) is 22.9 Å². The zero-order valence-corrected chi connectivity index (χ0v) is 12.4. The summed E-state index contributed by atoms with van der Waals surface area (Å²) >= 11 is 1.31. The highest BCUT2D eigenvalue weighted by Gasteiger charge is 2.10. The Kier molecular flexibility index (Phi) is 6.19. The quantitative estimate of drug-likeness (QED) is 0.541. The van der Waals surface area contributed by atoms with Crippen LogP contribution >= 0.6 is 11.3 Å². The van der Waals surface area contributed by atoms with E-state index in [4.69, 9.17) is 4.74 Å². The second-order valence-electron chi connectivity index (χ2n) is 3.71. The zero-order chi connectivity index (χ0) is 14.3. The lowest BCUT2D eigenvalue weighted by atomic mass is 10.4. The molecule has 19 heavy (non-hydrogen) atoms. The molecule has 9 heteroatoms. The minimum absolute atomic E-state index is 0.281. The number of nitrogens with one attached hydrogen (secondary N) is 2. The van der Waals surface area contributed by atoms with Crippen molar-refractivity contribution in [3.8, 4) is 0 Å². The lowest BCUT2D eigenvalue weighted by molar-refractivity contribution is 0.0520. The second-order valence-corrected chi connectivity index (χ2v) is 6.40. The Morgan fingerprint density at radius 3 is 2.84 bits per heavy atom. The van der Waals surface area contributed by atoms with Crippen LogP contribution in [0.3, 0.4) is 0 Å². The van der Waals surface area contributed by atoms with Crippen LogP contribution in [-0.2, 0) is 14.8 Å². The molecule has 0 spiro atoms. The third-order valence-corrected chi connectivity index (χ3v) is 3.51. The van der Waals surface area contributed by atoms with E-state index in [2.05, 4.69) is 15.0 Å². The van der Waals surface area contributed by atoms with Crippen molar-refractivity contribution in [2.75, 3.05) is 31.3 Å². The van der Waals surface area contributed by atoms with Crippen LogP contribution in [0.25, 0.3) is 0 Å². The lowest BCUT2D eigenvalue weighted by Gasteiger charge is -2.03. The number of rotatable bonds is 8. The minimum Gasteiger partial charge on any atom is -0.461 e. The predicted molar refractivity (Wildman–Crippen MR) is 74.0 cm³/mol. The first-order valence-corrected chi connectivity index (χ1v) is 8.50. The molecule has 0 aliphatic rings. The Balaban J connectivity index is 2.29. The molecule has 108 valence electrons. The number of hydrogen-bond acceptors (Lipinski definition) is 7. The van der Waals surface area contributed by atoms with Gasteiger partial charge in [-0.2, -0.15) is 0 Å². The van der Waals surface area contributed by atoms with Crippen molar-refractivity contribution < 1.29 is 17.9 Å². The van der Waals surface area contributed by atoms with Crippen molar-refractivity contribution in [2.45, 2.75) is 13.3 Å². The Labute approximate surface area is 116 Å². The number of anilines is 1. The van der Waals surface area contributed by atoms with Crippen LogP contribution in [-0.4, -0.2) is 45.3 Å². The molecule has 0 radical (unpaired) electrons. The van der Waals surface area contributed by atoms with Crippen LogP contribution in [0.4, 0.5) is 5.13 Å². The van der Waals surface area contributed by atoms with Gasteiger partial charge in [-0.05, 0) is 13.3 Å². The normalized spacial score (nSPS) is 11.3. The summed E-state index contributed by atoms with van der Waals surface area (Å²) in [4.78, 5) is 15.4. The number of thiazole rings is 1. The smallest absolute Gasteiger partial charge is 0.357 e. The highest BCUT2D eigenvalue weighted by Crippen LogP contribution is 2.15. The Bertz CT molecular complexity index is 513. The monoisotopic (exact) mass is 307 g/mol. The first-order chi connectivity index (χ1) is 8.92. The van der Waals surface area contributed by atoms with Gasteiger partial charge in [0.25, 0.3) is 0 Å². The van der Waals surface area contributed by atoms with E-state index < -0.39 is 16.0 Å². The van der Waals surface area contributed by atoms with Crippen molar-refractivity contribution in [1.82, 2.24) is 9.71 Å². The van der Waals surface area contributed by atoms with Gasteiger partial charge in [-0.15, -0.1) is 11.3 Å². The van der Waals surface area contributed by atoms with Gasteiger partial charge in [0.1, 0.15) is 0 Å². The fourth-order valence-electron chi connectivity index (χ4n) is 1.19. The molecule has 7 nitrogen and oxygen atoms in total. The topological polar surface area (TPSA) is 97.4 Å². The van der Waals surface area contributed by atoms with Crippen LogP contribution < -0.4 is 10.0 Å². The van der Waals surface area contributed by atoms with E-state index in [0.717, 1.165) is 6.26 Å². The van der Waals surface area contributed by atoms with Gasteiger partial charge in [-0.1, -0.05) is 0 Å². The summed E-state index contributed by atoms with van der Waals surface area (Å²) in [6.07, 6.45) is 1.74. The molecule has 1 aromatic rings. The van der Waals surface area contributed by atoms with E-state index in [1.165, 1.54) is 11.3 Å². The van der Waals surface area contributed by atoms with Crippen molar-refractivity contribution in [3.05, 3.63) is 11.1 Å². The maximum Gasteiger partial charge on any atom is 0.357 e. The molecule has 0 unspecified atom stereocenters. The molecule has 0 bridgehead atoms. The van der Waals surface area contributed by atoms with Gasteiger partial charge < -0.3 is 10.1 Å². The molecule has 0 saturated heterocycles. The summed E-state index contributed by atoms with van der Waals surface area (Å²) in [7, 11) is -3.13.